The fraction of sp³-hybridized carbons (Fsp3) is 0.400. The highest BCUT2D eigenvalue weighted by Crippen LogP contribution is 2.30. The zero-order valence-corrected chi connectivity index (χ0v) is 8.41. The zero-order chi connectivity index (χ0) is 10.1. The molecule has 0 radical (unpaired) electrons. The molecule has 0 bridgehead atoms. The second-order valence-corrected chi connectivity index (χ2v) is 3.91. The van der Waals surface area contributed by atoms with E-state index in [1.54, 1.807) is 6.07 Å². The second-order valence-electron chi connectivity index (χ2n) is 3.50. The van der Waals surface area contributed by atoms with Crippen LogP contribution in [0.1, 0.15) is 5.56 Å². The van der Waals surface area contributed by atoms with E-state index in [1.807, 2.05) is 17.0 Å². The van der Waals surface area contributed by atoms with Crippen LogP contribution in [0.5, 0.6) is 0 Å². The molecule has 1 heterocycles. The number of hydrogen-bond donors (Lipinski definition) is 2. The van der Waals surface area contributed by atoms with Gasteiger partial charge in [0.25, 0.3) is 0 Å². The summed E-state index contributed by atoms with van der Waals surface area (Å²) in [5, 5.41) is 18.7. The van der Waals surface area contributed by atoms with Gasteiger partial charge in [-0.15, -0.1) is 0 Å². The molecule has 1 aliphatic heterocycles. The molecule has 2 rings (SSSR count). The Morgan fingerprint density at radius 1 is 1.43 bits per heavy atom. The van der Waals surface area contributed by atoms with Crippen LogP contribution in [-0.2, 0) is 6.61 Å². The fourth-order valence-electron chi connectivity index (χ4n) is 1.56. The van der Waals surface area contributed by atoms with Crippen molar-refractivity contribution in [2.24, 2.45) is 0 Å². The van der Waals surface area contributed by atoms with Gasteiger partial charge >= 0.3 is 0 Å². The average Bonchev–Trinajstić information content (AvgIpc) is 2.13. The molecule has 0 unspecified atom stereocenters. The van der Waals surface area contributed by atoms with E-state index in [0.717, 1.165) is 11.3 Å². The molecule has 0 aromatic heterocycles. The maximum Gasteiger partial charge on any atom is 0.0889 e. The van der Waals surface area contributed by atoms with Crippen molar-refractivity contribution in [1.82, 2.24) is 0 Å². The van der Waals surface area contributed by atoms with Crippen LogP contribution >= 0.6 is 11.6 Å². The predicted molar refractivity (Wildman–Crippen MR) is 55.6 cm³/mol. The molecule has 4 heteroatoms. The Balaban J connectivity index is 2.18. The van der Waals surface area contributed by atoms with Crippen LogP contribution in [0.25, 0.3) is 0 Å². The van der Waals surface area contributed by atoms with E-state index in [9.17, 15) is 0 Å². The van der Waals surface area contributed by atoms with Crippen molar-refractivity contribution < 1.29 is 10.2 Å². The molecule has 1 aliphatic rings. The predicted octanol–water partition coefficient (Wildman–Crippen LogP) is 1.01. The van der Waals surface area contributed by atoms with E-state index < -0.39 is 0 Å². The van der Waals surface area contributed by atoms with Gasteiger partial charge in [-0.2, -0.15) is 0 Å². The molecule has 0 atom stereocenters. The molecule has 1 fully saturated rings. The summed E-state index contributed by atoms with van der Waals surface area (Å²) in [5.41, 5.74) is 1.73. The van der Waals surface area contributed by atoms with Crippen LogP contribution in [0.4, 0.5) is 5.69 Å². The first-order valence-corrected chi connectivity index (χ1v) is 4.91. The van der Waals surface area contributed by atoms with Crippen LogP contribution in [0.15, 0.2) is 18.2 Å². The van der Waals surface area contributed by atoms with Crippen LogP contribution in [0.2, 0.25) is 5.02 Å². The minimum Gasteiger partial charge on any atom is -0.392 e. The minimum atomic E-state index is -0.233. The normalized spacial score (nSPS) is 16.9. The third-order valence-corrected chi connectivity index (χ3v) is 2.70. The molecule has 2 N–H and O–H groups in total. The lowest BCUT2D eigenvalue weighted by molar-refractivity contribution is 0.142. The van der Waals surface area contributed by atoms with Gasteiger partial charge in [0, 0.05) is 13.1 Å². The number of nitrogens with zero attached hydrogens (tertiary/aromatic N) is 1. The molecule has 0 aliphatic carbocycles. The van der Waals surface area contributed by atoms with Crippen LogP contribution in [-0.4, -0.2) is 29.4 Å². The first kappa shape index (κ1) is 9.77. The second kappa shape index (κ2) is 3.77. The van der Waals surface area contributed by atoms with E-state index in [0.29, 0.717) is 18.1 Å². The molecule has 0 spiro atoms. The number of aliphatic hydroxyl groups is 2. The molecule has 1 aromatic rings. The van der Waals surface area contributed by atoms with Crippen LogP contribution in [0.3, 0.4) is 0 Å². The molecule has 0 amide bonds. The van der Waals surface area contributed by atoms with Crippen molar-refractivity contribution in [2.45, 2.75) is 12.7 Å². The number of benzene rings is 1. The first-order chi connectivity index (χ1) is 6.70. The van der Waals surface area contributed by atoms with Crippen LogP contribution in [0, 0.1) is 0 Å². The molecule has 3 nitrogen and oxygen atoms in total. The largest absolute Gasteiger partial charge is 0.392 e. The summed E-state index contributed by atoms with van der Waals surface area (Å²) in [6.07, 6.45) is -0.233. The van der Waals surface area contributed by atoms with Crippen molar-refractivity contribution >= 4 is 17.3 Å². The van der Waals surface area contributed by atoms with Gasteiger partial charge in [0.1, 0.15) is 0 Å². The maximum absolute atomic E-state index is 9.15. The Morgan fingerprint density at radius 2 is 2.14 bits per heavy atom. The molecule has 76 valence electrons. The summed E-state index contributed by atoms with van der Waals surface area (Å²) < 4.78 is 0. The van der Waals surface area contributed by atoms with E-state index in [4.69, 9.17) is 21.8 Å². The van der Waals surface area contributed by atoms with Gasteiger partial charge < -0.3 is 15.1 Å². The van der Waals surface area contributed by atoms with E-state index in [2.05, 4.69) is 0 Å². The molecule has 0 saturated carbocycles. The zero-order valence-electron chi connectivity index (χ0n) is 7.65. The SMILES string of the molecule is OCc1ccc(N2CC(O)C2)c(Cl)c1. The number of aliphatic hydroxyl groups excluding tert-OH is 2. The van der Waals surface area contributed by atoms with Crippen molar-refractivity contribution in [3.8, 4) is 0 Å². The van der Waals surface area contributed by atoms with Crippen LogP contribution < -0.4 is 4.90 Å². The molecule has 1 saturated heterocycles. The number of halogens is 1. The summed E-state index contributed by atoms with van der Waals surface area (Å²) in [6.45, 7) is 1.28. The Bertz CT molecular complexity index is 337. The molecule has 14 heavy (non-hydrogen) atoms. The van der Waals surface area contributed by atoms with Gasteiger partial charge in [0.2, 0.25) is 0 Å². The van der Waals surface area contributed by atoms with Gasteiger partial charge in [0.15, 0.2) is 0 Å². The number of rotatable bonds is 2. The Labute approximate surface area is 87.5 Å². The quantitative estimate of drug-likeness (QED) is 0.771. The summed E-state index contributed by atoms with van der Waals surface area (Å²) >= 11 is 6.03. The highest BCUT2D eigenvalue weighted by Gasteiger charge is 2.25. The third-order valence-electron chi connectivity index (χ3n) is 2.40. The Kier molecular flexibility index (Phi) is 2.63. The number of anilines is 1. The molecular formula is C10H12ClNO2. The summed E-state index contributed by atoms with van der Waals surface area (Å²) in [5.74, 6) is 0. The standard InChI is InChI=1S/C10H12ClNO2/c11-9-3-7(6-13)1-2-10(9)12-4-8(14)5-12/h1-3,8,13-14H,4-6H2. The highest BCUT2D eigenvalue weighted by molar-refractivity contribution is 6.33. The van der Waals surface area contributed by atoms with E-state index in [1.165, 1.54) is 0 Å². The lowest BCUT2D eigenvalue weighted by atomic mass is 10.1. The summed E-state index contributed by atoms with van der Waals surface area (Å²) in [7, 11) is 0. The van der Waals surface area contributed by atoms with Crippen molar-refractivity contribution in [3.05, 3.63) is 28.8 Å². The fourth-order valence-corrected chi connectivity index (χ4v) is 1.88. The monoisotopic (exact) mass is 213 g/mol. The van der Waals surface area contributed by atoms with Gasteiger partial charge in [-0.25, -0.2) is 0 Å². The average molecular weight is 214 g/mol. The number of hydrogen-bond acceptors (Lipinski definition) is 3. The smallest absolute Gasteiger partial charge is 0.0889 e. The van der Waals surface area contributed by atoms with E-state index >= 15 is 0 Å². The first-order valence-electron chi connectivity index (χ1n) is 4.53. The molecule has 1 aromatic carbocycles. The third kappa shape index (κ3) is 1.71. The van der Waals surface area contributed by atoms with Gasteiger partial charge in [0.05, 0.1) is 23.4 Å². The van der Waals surface area contributed by atoms with Crippen molar-refractivity contribution in [3.63, 3.8) is 0 Å². The summed E-state index contributed by atoms with van der Waals surface area (Å²) in [6, 6.07) is 5.47. The Morgan fingerprint density at radius 3 is 2.64 bits per heavy atom. The molecular weight excluding hydrogens is 202 g/mol. The lowest BCUT2D eigenvalue weighted by Gasteiger charge is -2.38. The number of β-amino-alcohol motifs (C(OH)–C–C–N with tert-alkyl or cyclic N) is 1. The highest BCUT2D eigenvalue weighted by atomic mass is 35.5. The van der Waals surface area contributed by atoms with Crippen molar-refractivity contribution in [2.75, 3.05) is 18.0 Å². The lowest BCUT2D eigenvalue weighted by Crippen LogP contribution is -2.50. The van der Waals surface area contributed by atoms with Gasteiger partial charge in [-0.05, 0) is 17.7 Å². The van der Waals surface area contributed by atoms with Gasteiger partial charge in [-0.3, -0.25) is 0 Å². The van der Waals surface area contributed by atoms with Crippen molar-refractivity contribution in [1.29, 1.82) is 0 Å². The minimum absolute atomic E-state index is 0.00260. The Hall–Kier alpha value is -0.770. The van der Waals surface area contributed by atoms with Gasteiger partial charge in [-0.1, -0.05) is 17.7 Å². The topological polar surface area (TPSA) is 43.7 Å². The summed E-state index contributed by atoms with van der Waals surface area (Å²) in [4.78, 5) is 2.01. The van der Waals surface area contributed by atoms with E-state index in [-0.39, 0.29) is 12.7 Å². The maximum atomic E-state index is 9.15.